The average Bonchev–Trinajstić information content (AvgIpc) is 2.39. The topological polar surface area (TPSA) is 12.0 Å². The number of alkyl halides is 3. The van der Waals surface area contributed by atoms with Gasteiger partial charge in [-0.1, -0.05) is 48.5 Å². The van der Waals surface area contributed by atoms with Gasteiger partial charge in [0.05, 0.1) is 0 Å². The minimum atomic E-state index is -4.29. The van der Waals surface area contributed by atoms with E-state index in [1.165, 1.54) is 0 Å². The van der Waals surface area contributed by atoms with Crippen LogP contribution in [0.4, 0.5) is 18.9 Å². The van der Waals surface area contributed by atoms with Crippen LogP contribution in [0.2, 0.25) is 0 Å². The first-order valence-corrected chi connectivity index (χ1v) is 5.98. The molecule has 0 fully saturated rings. The van der Waals surface area contributed by atoms with Gasteiger partial charge < -0.3 is 5.32 Å². The molecular weight excluding hydrogens is 251 g/mol. The van der Waals surface area contributed by atoms with Crippen LogP contribution in [-0.4, -0.2) is 12.2 Å². The lowest BCUT2D eigenvalue weighted by Gasteiger charge is -2.22. The summed E-state index contributed by atoms with van der Waals surface area (Å²) in [4.78, 5) is 0. The first-order chi connectivity index (χ1) is 9.05. The van der Waals surface area contributed by atoms with Gasteiger partial charge in [0.25, 0.3) is 0 Å². The summed E-state index contributed by atoms with van der Waals surface area (Å²) in [5.41, 5.74) is 1.13. The minimum Gasteiger partial charge on any atom is -0.374 e. The fourth-order valence-electron chi connectivity index (χ4n) is 1.83. The Hall–Kier alpha value is -1.97. The number of halogens is 3. The summed E-state index contributed by atoms with van der Waals surface area (Å²) in [6.45, 7) is 0. The van der Waals surface area contributed by atoms with Crippen molar-refractivity contribution in [2.24, 2.45) is 0 Å². The van der Waals surface area contributed by atoms with Gasteiger partial charge in [-0.3, -0.25) is 0 Å². The second kappa shape index (κ2) is 5.78. The van der Waals surface area contributed by atoms with Crippen molar-refractivity contribution in [3.63, 3.8) is 0 Å². The van der Waals surface area contributed by atoms with Crippen LogP contribution in [0.3, 0.4) is 0 Å². The molecule has 0 aromatic heterocycles. The highest BCUT2D eigenvalue weighted by atomic mass is 19.4. The number of para-hydroxylation sites is 1. The molecule has 0 saturated heterocycles. The van der Waals surface area contributed by atoms with Gasteiger partial charge in [-0.15, -0.1) is 0 Å². The standard InChI is InChI=1S/C15H14F3N/c16-15(17,18)14(11-12-7-3-1-4-8-12)19-13-9-5-2-6-10-13/h1-10,14,19H,11H2. The number of benzene rings is 2. The van der Waals surface area contributed by atoms with E-state index in [0.717, 1.165) is 0 Å². The second-order valence-corrected chi connectivity index (χ2v) is 4.29. The fraction of sp³-hybridized carbons (Fsp3) is 0.200. The third-order valence-electron chi connectivity index (χ3n) is 2.79. The first-order valence-electron chi connectivity index (χ1n) is 5.98. The molecule has 0 heterocycles. The molecular formula is C15H14F3N. The molecule has 1 unspecified atom stereocenters. The van der Waals surface area contributed by atoms with Gasteiger partial charge in [0.1, 0.15) is 6.04 Å². The summed E-state index contributed by atoms with van der Waals surface area (Å²) in [5.74, 6) is 0. The highest BCUT2D eigenvalue weighted by Gasteiger charge is 2.39. The summed E-state index contributed by atoms with van der Waals surface area (Å²) in [6.07, 6.45) is -4.37. The quantitative estimate of drug-likeness (QED) is 0.870. The molecule has 0 bridgehead atoms. The fourth-order valence-corrected chi connectivity index (χ4v) is 1.83. The van der Waals surface area contributed by atoms with Crippen molar-refractivity contribution in [1.29, 1.82) is 0 Å². The smallest absolute Gasteiger partial charge is 0.374 e. The molecule has 2 aromatic carbocycles. The third-order valence-corrected chi connectivity index (χ3v) is 2.79. The monoisotopic (exact) mass is 265 g/mol. The zero-order valence-corrected chi connectivity index (χ0v) is 10.2. The maximum absolute atomic E-state index is 13.0. The van der Waals surface area contributed by atoms with Crippen molar-refractivity contribution >= 4 is 5.69 Å². The van der Waals surface area contributed by atoms with Gasteiger partial charge in [0.2, 0.25) is 0 Å². The molecule has 0 spiro atoms. The van der Waals surface area contributed by atoms with E-state index in [-0.39, 0.29) is 6.42 Å². The predicted octanol–water partition coefficient (Wildman–Crippen LogP) is 4.27. The Balaban J connectivity index is 2.13. The highest BCUT2D eigenvalue weighted by Crippen LogP contribution is 2.26. The number of hydrogen-bond acceptors (Lipinski definition) is 1. The Morgan fingerprint density at radius 3 is 1.89 bits per heavy atom. The Bertz CT molecular complexity index is 452. The van der Waals surface area contributed by atoms with Crippen LogP contribution in [-0.2, 0) is 6.42 Å². The van der Waals surface area contributed by atoms with Gasteiger partial charge in [-0.25, -0.2) is 0 Å². The Labute approximate surface area is 110 Å². The Morgan fingerprint density at radius 1 is 0.842 bits per heavy atom. The Kier molecular flexibility index (Phi) is 4.10. The van der Waals surface area contributed by atoms with Crippen molar-refractivity contribution in [2.45, 2.75) is 18.6 Å². The van der Waals surface area contributed by atoms with Gasteiger partial charge in [-0.05, 0) is 17.7 Å². The SMILES string of the molecule is FC(F)(F)C(Cc1ccccc1)Nc1ccccc1. The molecule has 1 atom stereocenters. The van der Waals surface area contributed by atoms with E-state index in [0.29, 0.717) is 11.3 Å². The van der Waals surface area contributed by atoms with E-state index in [1.807, 2.05) is 0 Å². The van der Waals surface area contributed by atoms with Crippen LogP contribution < -0.4 is 5.32 Å². The molecule has 4 heteroatoms. The summed E-state index contributed by atoms with van der Waals surface area (Å²) >= 11 is 0. The number of anilines is 1. The lowest BCUT2D eigenvalue weighted by atomic mass is 10.1. The maximum Gasteiger partial charge on any atom is 0.408 e. The van der Waals surface area contributed by atoms with Crippen molar-refractivity contribution in [2.75, 3.05) is 5.32 Å². The maximum atomic E-state index is 13.0. The Morgan fingerprint density at radius 2 is 1.37 bits per heavy atom. The van der Waals surface area contributed by atoms with Gasteiger partial charge in [0, 0.05) is 12.1 Å². The van der Waals surface area contributed by atoms with Gasteiger partial charge in [0.15, 0.2) is 0 Å². The highest BCUT2D eigenvalue weighted by molar-refractivity contribution is 5.44. The summed E-state index contributed by atoms with van der Waals surface area (Å²) in [6, 6.07) is 15.5. The summed E-state index contributed by atoms with van der Waals surface area (Å²) in [7, 11) is 0. The third kappa shape index (κ3) is 4.02. The van der Waals surface area contributed by atoms with Crippen molar-refractivity contribution in [3.8, 4) is 0 Å². The molecule has 0 aliphatic rings. The van der Waals surface area contributed by atoms with Crippen LogP contribution in [0.5, 0.6) is 0 Å². The lowest BCUT2D eigenvalue weighted by molar-refractivity contribution is -0.142. The molecule has 2 aromatic rings. The molecule has 1 nitrogen and oxygen atoms in total. The molecule has 100 valence electrons. The number of rotatable bonds is 4. The van der Waals surface area contributed by atoms with Crippen LogP contribution >= 0.6 is 0 Å². The normalized spacial score (nSPS) is 13.0. The molecule has 0 aliphatic carbocycles. The number of hydrogen-bond donors (Lipinski definition) is 1. The van der Waals surface area contributed by atoms with Crippen molar-refractivity contribution < 1.29 is 13.2 Å². The molecule has 19 heavy (non-hydrogen) atoms. The minimum absolute atomic E-state index is 0.0841. The van der Waals surface area contributed by atoms with Gasteiger partial charge >= 0.3 is 6.18 Å². The predicted molar refractivity (Wildman–Crippen MR) is 70.1 cm³/mol. The zero-order valence-electron chi connectivity index (χ0n) is 10.2. The van der Waals surface area contributed by atoms with E-state index < -0.39 is 12.2 Å². The second-order valence-electron chi connectivity index (χ2n) is 4.29. The van der Waals surface area contributed by atoms with E-state index >= 15 is 0 Å². The molecule has 0 aliphatic heterocycles. The summed E-state index contributed by atoms with van der Waals surface area (Å²) in [5, 5.41) is 2.54. The van der Waals surface area contributed by atoms with E-state index in [4.69, 9.17) is 0 Å². The first kappa shape index (κ1) is 13.5. The van der Waals surface area contributed by atoms with E-state index in [1.54, 1.807) is 60.7 Å². The van der Waals surface area contributed by atoms with E-state index in [9.17, 15) is 13.2 Å². The molecule has 0 saturated carbocycles. The average molecular weight is 265 g/mol. The molecule has 0 radical (unpaired) electrons. The molecule has 0 amide bonds. The summed E-state index contributed by atoms with van der Waals surface area (Å²) < 4.78 is 39.1. The van der Waals surface area contributed by atoms with Crippen molar-refractivity contribution in [1.82, 2.24) is 0 Å². The largest absolute Gasteiger partial charge is 0.408 e. The lowest BCUT2D eigenvalue weighted by Crippen LogP contribution is -2.38. The molecule has 1 N–H and O–H groups in total. The van der Waals surface area contributed by atoms with Crippen LogP contribution in [0.1, 0.15) is 5.56 Å². The van der Waals surface area contributed by atoms with Crippen molar-refractivity contribution in [3.05, 3.63) is 66.2 Å². The van der Waals surface area contributed by atoms with E-state index in [2.05, 4.69) is 5.32 Å². The van der Waals surface area contributed by atoms with Crippen LogP contribution in [0.25, 0.3) is 0 Å². The van der Waals surface area contributed by atoms with Gasteiger partial charge in [-0.2, -0.15) is 13.2 Å². The number of nitrogens with one attached hydrogen (secondary N) is 1. The molecule has 2 rings (SSSR count). The van der Waals surface area contributed by atoms with Crippen LogP contribution in [0, 0.1) is 0 Å². The zero-order chi connectivity index (χ0) is 13.7. The van der Waals surface area contributed by atoms with Crippen LogP contribution in [0.15, 0.2) is 60.7 Å².